The summed E-state index contributed by atoms with van der Waals surface area (Å²) in [6.45, 7) is 4.67. The Kier molecular flexibility index (Phi) is 5.75. The zero-order chi connectivity index (χ0) is 12.7. The fourth-order valence-electron chi connectivity index (χ4n) is 2.24. The van der Waals surface area contributed by atoms with Crippen LogP contribution in [0.3, 0.4) is 0 Å². The van der Waals surface area contributed by atoms with Crippen molar-refractivity contribution in [2.45, 2.75) is 70.4 Å². The van der Waals surface area contributed by atoms with E-state index in [-0.39, 0.29) is 11.6 Å². The first-order valence-corrected chi connectivity index (χ1v) is 6.93. The van der Waals surface area contributed by atoms with Gasteiger partial charge in [-0.15, -0.1) is 0 Å². The van der Waals surface area contributed by atoms with Gasteiger partial charge in [-0.3, -0.25) is 0 Å². The van der Waals surface area contributed by atoms with E-state index in [2.05, 4.69) is 24.5 Å². The first-order valence-electron chi connectivity index (χ1n) is 6.93. The quantitative estimate of drug-likeness (QED) is 0.690. The summed E-state index contributed by atoms with van der Waals surface area (Å²) in [6, 6.07) is 0.299. The maximum absolute atomic E-state index is 11.7. The fourth-order valence-corrected chi connectivity index (χ4v) is 2.24. The van der Waals surface area contributed by atoms with Crippen LogP contribution in [-0.2, 0) is 0 Å². The van der Waals surface area contributed by atoms with Crippen molar-refractivity contribution in [1.82, 2.24) is 10.6 Å². The number of hydrogen-bond acceptors (Lipinski definition) is 2. The Bertz CT molecular complexity index is 233. The van der Waals surface area contributed by atoms with Crippen LogP contribution in [0.2, 0.25) is 0 Å². The molecule has 0 radical (unpaired) electrons. The van der Waals surface area contributed by atoms with Crippen molar-refractivity contribution < 1.29 is 4.79 Å². The van der Waals surface area contributed by atoms with E-state index in [0.29, 0.717) is 12.6 Å². The molecule has 0 bridgehead atoms. The highest BCUT2D eigenvalue weighted by Gasteiger charge is 2.22. The molecule has 0 aromatic rings. The van der Waals surface area contributed by atoms with Gasteiger partial charge in [-0.1, -0.05) is 33.1 Å². The summed E-state index contributed by atoms with van der Waals surface area (Å²) >= 11 is 0. The third-order valence-electron chi connectivity index (χ3n) is 3.95. The van der Waals surface area contributed by atoms with Gasteiger partial charge in [0.1, 0.15) is 0 Å². The predicted molar refractivity (Wildman–Crippen MR) is 70.9 cm³/mol. The topological polar surface area (TPSA) is 67.1 Å². The average Bonchev–Trinajstić information content (AvgIpc) is 2.37. The van der Waals surface area contributed by atoms with Crippen LogP contribution in [0.25, 0.3) is 0 Å². The van der Waals surface area contributed by atoms with Crippen molar-refractivity contribution in [2.75, 3.05) is 6.54 Å². The van der Waals surface area contributed by atoms with Crippen molar-refractivity contribution in [1.29, 1.82) is 0 Å². The fraction of sp³-hybridized carbons (Fsp3) is 0.923. The molecule has 17 heavy (non-hydrogen) atoms. The van der Waals surface area contributed by atoms with Gasteiger partial charge in [0.25, 0.3) is 0 Å². The van der Waals surface area contributed by atoms with Crippen LogP contribution < -0.4 is 16.4 Å². The molecule has 4 heteroatoms. The Morgan fingerprint density at radius 2 is 1.82 bits per heavy atom. The molecule has 0 aromatic heterocycles. The van der Waals surface area contributed by atoms with Gasteiger partial charge in [0, 0.05) is 18.1 Å². The minimum absolute atomic E-state index is 0.0615. The number of carbonyl (C=O) groups excluding carboxylic acids is 1. The van der Waals surface area contributed by atoms with E-state index >= 15 is 0 Å². The Labute approximate surface area is 105 Å². The summed E-state index contributed by atoms with van der Waals surface area (Å²) in [6.07, 6.45) is 7.76. The van der Waals surface area contributed by atoms with Gasteiger partial charge in [-0.25, -0.2) is 4.79 Å². The Morgan fingerprint density at radius 1 is 1.24 bits per heavy atom. The van der Waals surface area contributed by atoms with Crippen molar-refractivity contribution in [3.8, 4) is 0 Å². The molecule has 0 saturated heterocycles. The van der Waals surface area contributed by atoms with Gasteiger partial charge < -0.3 is 16.4 Å². The Morgan fingerprint density at radius 3 is 2.35 bits per heavy atom. The summed E-state index contributed by atoms with van der Waals surface area (Å²) in [5, 5.41) is 5.93. The van der Waals surface area contributed by atoms with E-state index in [1.165, 1.54) is 19.3 Å². The number of urea groups is 1. The summed E-state index contributed by atoms with van der Waals surface area (Å²) in [7, 11) is 0. The first-order chi connectivity index (χ1) is 8.09. The molecule has 0 aromatic carbocycles. The first kappa shape index (κ1) is 14.3. The molecule has 1 aliphatic rings. The third-order valence-corrected chi connectivity index (χ3v) is 3.95. The van der Waals surface area contributed by atoms with Gasteiger partial charge in [0.2, 0.25) is 0 Å². The maximum atomic E-state index is 11.7. The number of amides is 2. The zero-order valence-electron chi connectivity index (χ0n) is 11.2. The second kappa shape index (κ2) is 6.84. The molecule has 1 fully saturated rings. The molecular formula is C13H27N3O. The summed E-state index contributed by atoms with van der Waals surface area (Å²) in [5.41, 5.74) is 5.88. The van der Waals surface area contributed by atoms with Gasteiger partial charge in [-0.2, -0.15) is 0 Å². The molecule has 1 saturated carbocycles. The van der Waals surface area contributed by atoms with Crippen LogP contribution >= 0.6 is 0 Å². The number of nitrogens with one attached hydrogen (secondary N) is 2. The lowest BCUT2D eigenvalue weighted by Crippen LogP contribution is -2.52. The third kappa shape index (κ3) is 4.94. The van der Waals surface area contributed by atoms with Crippen LogP contribution in [0.1, 0.15) is 58.8 Å². The minimum Gasteiger partial charge on any atom is -0.336 e. The van der Waals surface area contributed by atoms with Crippen molar-refractivity contribution >= 4 is 6.03 Å². The molecule has 0 unspecified atom stereocenters. The van der Waals surface area contributed by atoms with E-state index in [1.54, 1.807) is 0 Å². The number of hydrogen-bond donors (Lipinski definition) is 3. The van der Waals surface area contributed by atoms with E-state index in [9.17, 15) is 4.79 Å². The number of carbonyl (C=O) groups is 1. The lowest BCUT2D eigenvalue weighted by Gasteiger charge is -2.28. The molecule has 0 aliphatic heterocycles. The molecule has 0 atom stereocenters. The Hall–Kier alpha value is -0.770. The van der Waals surface area contributed by atoms with E-state index in [0.717, 1.165) is 25.7 Å². The molecule has 1 rings (SSSR count). The van der Waals surface area contributed by atoms with Gasteiger partial charge in [-0.05, 0) is 25.7 Å². The molecular weight excluding hydrogens is 214 g/mol. The van der Waals surface area contributed by atoms with Crippen LogP contribution in [0, 0.1) is 0 Å². The number of rotatable bonds is 5. The molecule has 100 valence electrons. The molecule has 4 N–H and O–H groups in total. The Balaban J connectivity index is 2.24. The monoisotopic (exact) mass is 241 g/mol. The van der Waals surface area contributed by atoms with E-state index in [1.807, 2.05) is 0 Å². The summed E-state index contributed by atoms with van der Waals surface area (Å²) < 4.78 is 0. The molecule has 1 aliphatic carbocycles. The molecule has 4 nitrogen and oxygen atoms in total. The number of nitrogens with two attached hydrogens (primary N) is 1. The molecule has 0 heterocycles. The highest BCUT2D eigenvalue weighted by atomic mass is 16.2. The van der Waals surface area contributed by atoms with Gasteiger partial charge in [0.15, 0.2) is 0 Å². The average molecular weight is 241 g/mol. The zero-order valence-corrected chi connectivity index (χ0v) is 11.2. The molecule has 2 amide bonds. The van der Waals surface area contributed by atoms with Gasteiger partial charge >= 0.3 is 6.03 Å². The van der Waals surface area contributed by atoms with Crippen LogP contribution in [-0.4, -0.2) is 24.2 Å². The smallest absolute Gasteiger partial charge is 0.315 e. The second-order valence-corrected chi connectivity index (χ2v) is 5.23. The summed E-state index contributed by atoms with van der Waals surface area (Å²) in [4.78, 5) is 11.7. The van der Waals surface area contributed by atoms with Crippen molar-refractivity contribution in [2.24, 2.45) is 5.73 Å². The van der Waals surface area contributed by atoms with Crippen molar-refractivity contribution in [3.63, 3.8) is 0 Å². The highest BCUT2D eigenvalue weighted by molar-refractivity contribution is 5.74. The second-order valence-electron chi connectivity index (χ2n) is 5.23. The minimum atomic E-state index is -0.260. The van der Waals surface area contributed by atoms with E-state index in [4.69, 9.17) is 5.73 Å². The maximum Gasteiger partial charge on any atom is 0.315 e. The van der Waals surface area contributed by atoms with Crippen LogP contribution in [0.15, 0.2) is 0 Å². The van der Waals surface area contributed by atoms with Crippen molar-refractivity contribution in [3.05, 3.63) is 0 Å². The van der Waals surface area contributed by atoms with Crippen LogP contribution in [0.4, 0.5) is 4.79 Å². The molecule has 0 spiro atoms. The SMILES string of the molecule is CCC(N)(CC)CNC(=O)NC1CCCCC1. The largest absolute Gasteiger partial charge is 0.336 e. The highest BCUT2D eigenvalue weighted by Crippen LogP contribution is 2.17. The standard InChI is InChI=1S/C13H27N3O/c1-3-13(14,4-2)10-15-12(17)16-11-8-6-5-7-9-11/h11H,3-10,14H2,1-2H3,(H2,15,16,17). The van der Waals surface area contributed by atoms with Crippen LogP contribution in [0.5, 0.6) is 0 Å². The van der Waals surface area contributed by atoms with E-state index < -0.39 is 0 Å². The van der Waals surface area contributed by atoms with Gasteiger partial charge in [0.05, 0.1) is 0 Å². The normalized spacial score (nSPS) is 17.8. The summed E-state index contributed by atoms with van der Waals surface area (Å²) in [5.74, 6) is 0. The predicted octanol–water partition coefficient (Wildman–Crippen LogP) is 2.14. The lowest BCUT2D eigenvalue weighted by atomic mass is 9.94. The lowest BCUT2D eigenvalue weighted by molar-refractivity contribution is 0.228.